The molecule has 1 atom stereocenters. The molecule has 0 bridgehead atoms. The van der Waals surface area contributed by atoms with Gasteiger partial charge in [-0.15, -0.1) is 0 Å². The summed E-state index contributed by atoms with van der Waals surface area (Å²) in [6, 6.07) is 81.3. The van der Waals surface area contributed by atoms with Gasteiger partial charge >= 0.3 is 0 Å². The zero-order valence-corrected chi connectivity index (χ0v) is 35.7. The maximum atomic E-state index is 6.68. The van der Waals surface area contributed by atoms with Crippen LogP contribution in [0, 0.1) is 0 Å². The Hall–Kier alpha value is -8.20. The number of hydrogen-bond acceptors (Lipinski definition) is 2. The molecule has 2 N–H and O–H groups in total. The van der Waals surface area contributed by atoms with Crippen LogP contribution in [-0.2, 0) is 0 Å². The Morgan fingerprint density at radius 1 is 0.438 bits per heavy atom. The van der Waals surface area contributed by atoms with Crippen molar-refractivity contribution in [3.8, 4) is 55.6 Å². The highest BCUT2D eigenvalue weighted by Crippen LogP contribution is 2.51. The number of allylic oxidation sites excluding steroid dienone is 3. The topological polar surface area (TPSA) is 29.3 Å². The van der Waals surface area contributed by atoms with Gasteiger partial charge in [0.1, 0.15) is 0 Å². The molecular formula is C62H46N2. The fourth-order valence-electron chi connectivity index (χ4n) is 9.58. The minimum atomic E-state index is 0.0618. The quantitative estimate of drug-likeness (QED) is 0.116. The molecule has 1 aliphatic rings. The van der Waals surface area contributed by atoms with Crippen LogP contribution in [0.3, 0.4) is 0 Å². The molecule has 64 heavy (non-hydrogen) atoms. The molecule has 11 rings (SSSR count). The summed E-state index contributed by atoms with van der Waals surface area (Å²) < 4.78 is 0. The third-order valence-electron chi connectivity index (χ3n) is 12.7. The maximum Gasteiger partial charge on any atom is 0.0804 e. The minimum absolute atomic E-state index is 0.0618. The van der Waals surface area contributed by atoms with E-state index in [1.54, 1.807) is 0 Å². The Balaban J connectivity index is 1.00. The number of rotatable bonds is 9. The average molecular weight is 819 g/mol. The van der Waals surface area contributed by atoms with Gasteiger partial charge < -0.3 is 10.6 Å². The van der Waals surface area contributed by atoms with E-state index in [1.165, 1.54) is 71.9 Å². The lowest BCUT2D eigenvalue weighted by molar-refractivity contribution is 0.775. The first-order chi connectivity index (χ1) is 31.6. The first kappa shape index (κ1) is 38.7. The Kier molecular flexibility index (Phi) is 10.0. The summed E-state index contributed by atoms with van der Waals surface area (Å²) in [6.07, 6.45) is 6.82. The van der Waals surface area contributed by atoms with Gasteiger partial charge in [-0.1, -0.05) is 182 Å². The van der Waals surface area contributed by atoms with Crippen molar-refractivity contribution >= 4 is 44.2 Å². The van der Waals surface area contributed by atoms with Crippen LogP contribution in [0.4, 0.5) is 17.1 Å². The molecule has 2 nitrogen and oxygen atoms in total. The first-order valence-electron chi connectivity index (χ1n) is 22.1. The Bertz CT molecular complexity index is 3400. The highest BCUT2D eigenvalue weighted by Gasteiger charge is 2.34. The van der Waals surface area contributed by atoms with E-state index >= 15 is 0 Å². The van der Waals surface area contributed by atoms with Gasteiger partial charge in [0.05, 0.1) is 6.04 Å². The highest BCUT2D eigenvalue weighted by molar-refractivity contribution is 6.02. The predicted molar refractivity (Wildman–Crippen MR) is 274 cm³/mol. The summed E-state index contributed by atoms with van der Waals surface area (Å²) in [5.41, 5.74) is 25.1. The van der Waals surface area contributed by atoms with Crippen molar-refractivity contribution in [2.24, 2.45) is 0 Å². The SMILES string of the molecule is C/C=C\C(=C/C1c2ccccc2N1c1cc(-c2ccccc2)c2ccccc2c1)c1ccc(-c2cc(-c3ccccc3)cc(-c3cc4ccccc4cc3-c3ccccc3N)c2)cc1. The maximum absolute atomic E-state index is 6.68. The van der Waals surface area contributed by atoms with E-state index in [9.17, 15) is 0 Å². The highest BCUT2D eigenvalue weighted by atomic mass is 15.2. The van der Waals surface area contributed by atoms with E-state index in [0.717, 1.165) is 39.1 Å². The molecule has 2 heteroatoms. The third kappa shape index (κ3) is 7.15. The number of benzene rings is 10. The largest absolute Gasteiger partial charge is 0.398 e. The van der Waals surface area contributed by atoms with Crippen molar-refractivity contribution in [3.05, 3.63) is 254 Å². The number of nitrogen functional groups attached to an aromatic ring is 1. The van der Waals surface area contributed by atoms with Crippen LogP contribution in [0.2, 0.25) is 0 Å². The Labute approximate surface area is 375 Å². The van der Waals surface area contributed by atoms with Crippen LogP contribution in [0.1, 0.15) is 24.1 Å². The van der Waals surface area contributed by atoms with Gasteiger partial charge in [0.2, 0.25) is 0 Å². The van der Waals surface area contributed by atoms with Crippen LogP contribution in [0.5, 0.6) is 0 Å². The van der Waals surface area contributed by atoms with Crippen LogP contribution >= 0.6 is 0 Å². The van der Waals surface area contributed by atoms with Crippen molar-refractivity contribution in [3.63, 3.8) is 0 Å². The Morgan fingerprint density at radius 3 is 1.73 bits per heavy atom. The standard InChI is InChI=1S/C62H46N2/c1-2-17-46(40-62-56-27-14-16-29-61(56)64(62)53-37-49-24-11-12-25-54(49)58(41-53)45-20-7-4-8-21-45)43-30-32-44(33-31-43)51-34-50(42-18-5-3-6-19-42)35-52(36-51)57-38-47-22-9-10-23-48(47)39-59(57)55-26-13-15-28-60(55)63/h2-41,62H,63H2,1H3/b17-2-,46-40+. The van der Waals surface area contributed by atoms with Crippen LogP contribution in [0.25, 0.3) is 82.8 Å². The fraction of sp³-hybridized carbons (Fsp3) is 0.0323. The van der Waals surface area contributed by atoms with E-state index in [4.69, 9.17) is 5.73 Å². The second-order valence-electron chi connectivity index (χ2n) is 16.7. The van der Waals surface area contributed by atoms with Gasteiger partial charge in [-0.2, -0.15) is 0 Å². The van der Waals surface area contributed by atoms with Crippen molar-refractivity contribution in [2.75, 3.05) is 10.6 Å². The number of para-hydroxylation sites is 2. The molecule has 1 heterocycles. The van der Waals surface area contributed by atoms with Gasteiger partial charge in [-0.3, -0.25) is 0 Å². The van der Waals surface area contributed by atoms with Crippen molar-refractivity contribution in [1.29, 1.82) is 0 Å². The lowest BCUT2D eigenvalue weighted by Gasteiger charge is -2.44. The molecule has 0 amide bonds. The average Bonchev–Trinajstić information content (AvgIpc) is 3.35. The number of nitrogens with zero attached hydrogens (tertiary/aromatic N) is 1. The summed E-state index contributed by atoms with van der Waals surface area (Å²) in [6.45, 7) is 2.10. The van der Waals surface area contributed by atoms with E-state index in [1.807, 2.05) is 12.1 Å². The lowest BCUT2D eigenvalue weighted by atomic mass is 9.87. The molecule has 0 aliphatic carbocycles. The predicted octanol–water partition coefficient (Wildman–Crippen LogP) is 16.8. The molecule has 1 unspecified atom stereocenters. The molecule has 0 spiro atoms. The molecule has 304 valence electrons. The van der Waals surface area contributed by atoms with Crippen LogP contribution in [0.15, 0.2) is 243 Å². The number of hydrogen-bond donors (Lipinski definition) is 1. The lowest BCUT2D eigenvalue weighted by Crippen LogP contribution is -2.33. The molecular weight excluding hydrogens is 773 g/mol. The zero-order valence-electron chi connectivity index (χ0n) is 35.7. The van der Waals surface area contributed by atoms with Gasteiger partial charge in [0.15, 0.2) is 0 Å². The molecule has 0 fully saturated rings. The Morgan fingerprint density at radius 2 is 1.02 bits per heavy atom. The normalized spacial score (nSPS) is 13.6. The number of fused-ring (bicyclic) bond motifs is 3. The molecule has 0 saturated carbocycles. The number of nitrogens with two attached hydrogens (primary N) is 1. The smallest absolute Gasteiger partial charge is 0.0804 e. The minimum Gasteiger partial charge on any atom is -0.398 e. The van der Waals surface area contributed by atoms with Gasteiger partial charge in [0, 0.05) is 28.2 Å². The van der Waals surface area contributed by atoms with Crippen molar-refractivity contribution < 1.29 is 0 Å². The second kappa shape index (κ2) is 16.6. The second-order valence-corrected chi connectivity index (χ2v) is 16.7. The molecule has 0 saturated heterocycles. The van der Waals surface area contributed by atoms with E-state index in [0.29, 0.717) is 0 Å². The van der Waals surface area contributed by atoms with Crippen LogP contribution in [-0.4, -0.2) is 0 Å². The fourth-order valence-corrected chi connectivity index (χ4v) is 9.58. The molecule has 10 aromatic rings. The van der Waals surface area contributed by atoms with E-state index < -0.39 is 0 Å². The summed E-state index contributed by atoms with van der Waals surface area (Å²) in [5, 5.41) is 4.87. The third-order valence-corrected chi connectivity index (χ3v) is 12.7. The molecule has 0 aromatic heterocycles. The summed E-state index contributed by atoms with van der Waals surface area (Å²) in [5.74, 6) is 0. The van der Waals surface area contributed by atoms with Gasteiger partial charge in [-0.25, -0.2) is 0 Å². The molecule has 1 aliphatic heterocycles. The zero-order chi connectivity index (χ0) is 43.0. The number of anilines is 3. The molecule has 10 aromatic carbocycles. The van der Waals surface area contributed by atoms with Crippen molar-refractivity contribution in [2.45, 2.75) is 13.0 Å². The molecule has 0 radical (unpaired) electrons. The summed E-state index contributed by atoms with van der Waals surface area (Å²) in [7, 11) is 0. The van der Waals surface area contributed by atoms with Crippen molar-refractivity contribution in [1.82, 2.24) is 0 Å². The van der Waals surface area contributed by atoms with E-state index in [-0.39, 0.29) is 6.04 Å². The van der Waals surface area contributed by atoms with Gasteiger partial charge in [-0.05, 0) is 150 Å². The van der Waals surface area contributed by atoms with Crippen LogP contribution < -0.4 is 10.6 Å². The van der Waals surface area contributed by atoms with Gasteiger partial charge in [0.25, 0.3) is 0 Å². The summed E-state index contributed by atoms with van der Waals surface area (Å²) >= 11 is 0. The monoisotopic (exact) mass is 818 g/mol. The summed E-state index contributed by atoms with van der Waals surface area (Å²) in [4.78, 5) is 2.49. The van der Waals surface area contributed by atoms with E-state index in [2.05, 4.69) is 242 Å². The first-order valence-corrected chi connectivity index (χ1v) is 22.1.